The molecule has 0 aromatic carbocycles. The van der Waals surface area contributed by atoms with Gasteiger partial charge >= 0.3 is 0 Å². The Bertz CT molecular complexity index is 725. The lowest BCUT2D eigenvalue weighted by Gasteiger charge is -2.22. The van der Waals surface area contributed by atoms with Gasteiger partial charge in [0.1, 0.15) is 0 Å². The Hall–Kier alpha value is -0.870. The monoisotopic (exact) mass is 748 g/mol. The minimum absolute atomic E-state index is 0.0354. The van der Waals surface area contributed by atoms with Gasteiger partial charge in [-0.2, -0.15) is 0 Å². The van der Waals surface area contributed by atoms with E-state index >= 15 is 0 Å². The van der Waals surface area contributed by atoms with Crippen molar-refractivity contribution in [2.24, 2.45) is 0 Å². The van der Waals surface area contributed by atoms with Crippen molar-refractivity contribution in [1.82, 2.24) is 5.32 Å². The summed E-state index contributed by atoms with van der Waals surface area (Å²) in [5, 5.41) is 22.7. The lowest BCUT2D eigenvalue weighted by atomic mass is 10.0. The molecule has 1 amide bonds. The molecule has 4 nitrogen and oxygen atoms in total. The maximum atomic E-state index is 12.2. The first-order valence-corrected chi connectivity index (χ1v) is 24.4. The number of allylic oxidation sites excluding steroid dienone is 2. The van der Waals surface area contributed by atoms with Gasteiger partial charge in [-0.05, 0) is 38.5 Å². The SMILES string of the molecule is CCCCCCCCCC/C=C\CCCCCCCCCCCCCCCCCCCCCCCCCCCC(=O)NC(CO)C(O)CCCCCC. The Labute approximate surface area is 333 Å². The summed E-state index contributed by atoms with van der Waals surface area (Å²) >= 11 is 0. The quantitative estimate of drug-likeness (QED) is 0.0429. The van der Waals surface area contributed by atoms with Crippen molar-refractivity contribution in [2.75, 3.05) is 6.61 Å². The molecule has 53 heavy (non-hydrogen) atoms. The normalized spacial score (nSPS) is 12.9. The summed E-state index contributed by atoms with van der Waals surface area (Å²) in [5.74, 6) is -0.0354. The highest BCUT2D eigenvalue weighted by Crippen LogP contribution is 2.17. The van der Waals surface area contributed by atoms with E-state index in [9.17, 15) is 15.0 Å². The average molecular weight is 748 g/mol. The number of rotatable bonds is 45. The van der Waals surface area contributed by atoms with Crippen LogP contribution in [-0.2, 0) is 4.79 Å². The van der Waals surface area contributed by atoms with E-state index in [1.54, 1.807) is 0 Å². The zero-order chi connectivity index (χ0) is 38.6. The molecule has 0 saturated heterocycles. The van der Waals surface area contributed by atoms with Crippen molar-refractivity contribution in [3.63, 3.8) is 0 Å². The zero-order valence-corrected chi connectivity index (χ0v) is 36.3. The number of hydrogen-bond acceptors (Lipinski definition) is 3. The molecule has 0 aliphatic rings. The summed E-state index contributed by atoms with van der Waals surface area (Å²) in [6.45, 7) is 4.27. The Morgan fingerprint density at radius 2 is 0.717 bits per heavy atom. The van der Waals surface area contributed by atoms with Crippen molar-refractivity contribution in [3.05, 3.63) is 12.2 Å². The average Bonchev–Trinajstić information content (AvgIpc) is 3.16. The second kappa shape index (κ2) is 45.5. The number of aliphatic hydroxyl groups is 2. The van der Waals surface area contributed by atoms with Gasteiger partial charge in [-0.3, -0.25) is 4.79 Å². The lowest BCUT2D eigenvalue weighted by Crippen LogP contribution is -2.45. The van der Waals surface area contributed by atoms with Crippen LogP contribution in [0.2, 0.25) is 0 Å². The van der Waals surface area contributed by atoms with Crippen LogP contribution < -0.4 is 5.32 Å². The maximum Gasteiger partial charge on any atom is 0.220 e. The fourth-order valence-electron chi connectivity index (χ4n) is 7.77. The van der Waals surface area contributed by atoms with Gasteiger partial charge in [0, 0.05) is 6.42 Å². The van der Waals surface area contributed by atoms with Crippen LogP contribution in [0, 0.1) is 0 Å². The third-order valence-corrected chi connectivity index (χ3v) is 11.5. The number of carbonyl (C=O) groups excluding carboxylic acids is 1. The highest BCUT2D eigenvalue weighted by atomic mass is 16.3. The fraction of sp³-hybridized carbons (Fsp3) is 0.939. The smallest absolute Gasteiger partial charge is 0.220 e. The molecule has 0 spiro atoms. The third-order valence-electron chi connectivity index (χ3n) is 11.5. The van der Waals surface area contributed by atoms with Gasteiger partial charge in [-0.1, -0.05) is 244 Å². The molecule has 316 valence electrons. The van der Waals surface area contributed by atoms with Crippen LogP contribution >= 0.6 is 0 Å². The van der Waals surface area contributed by atoms with Crippen LogP contribution in [0.15, 0.2) is 12.2 Å². The summed E-state index contributed by atoms with van der Waals surface area (Å²) in [6, 6.07) is -0.527. The van der Waals surface area contributed by atoms with E-state index in [4.69, 9.17) is 0 Å². The van der Waals surface area contributed by atoms with E-state index in [0.29, 0.717) is 12.8 Å². The molecule has 0 radical (unpaired) electrons. The molecule has 2 atom stereocenters. The highest BCUT2D eigenvalue weighted by molar-refractivity contribution is 5.76. The predicted molar refractivity (Wildman–Crippen MR) is 235 cm³/mol. The molecule has 0 aromatic rings. The van der Waals surface area contributed by atoms with E-state index in [0.717, 1.165) is 32.1 Å². The van der Waals surface area contributed by atoms with Crippen LogP contribution in [0.1, 0.15) is 277 Å². The van der Waals surface area contributed by atoms with E-state index in [1.807, 2.05) is 0 Å². The molecule has 0 rings (SSSR count). The first-order chi connectivity index (χ1) is 26.2. The second-order valence-electron chi connectivity index (χ2n) is 16.9. The molecule has 3 N–H and O–H groups in total. The van der Waals surface area contributed by atoms with E-state index < -0.39 is 12.1 Å². The molecule has 0 fully saturated rings. The molecule has 0 saturated carbocycles. The molecular formula is C49H97NO3. The molecule has 0 aliphatic carbocycles. The molecular weight excluding hydrogens is 651 g/mol. The number of carbonyl (C=O) groups is 1. The van der Waals surface area contributed by atoms with Gasteiger partial charge in [0.05, 0.1) is 18.8 Å². The van der Waals surface area contributed by atoms with Crippen LogP contribution in [0.4, 0.5) is 0 Å². The van der Waals surface area contributed by atoms with E-state index in [2.05, 4.69) is 31.3 Å². The van der Waals surface area contributed by atoms with E-state index in [-0.39, 0.29) is 12.5 Å². The maximum absolute atomic E-state index is 12.2. The minimum Gasteiger partial charge on any atom is -0.394 e. The van der Waals surface area contributed by atoms with Gasteiger partial charge in [-0.25, -0.2) is 0 Å². The summed E-state index contributed by atoms with van der Waals surface area (Å²) < 4.78 is 0. The summed E-state index contributed by atoms with van der Waals surface area (Å²) in [7, 11) is 0. The molecule has 0 aliphatic heterocycles. The van der Waals surface area contributed by atoms with Gasteiger partial charge in [0.25, 0.3) is 0 Å². The van der Waals surface area contributed by atoms with Crippen molar-refractivity contribution >= 4 is 5.91 Å². The summed E-state index contributed by atoms with van der Waals surface area (Å²) in [6.07, 6.45) is 58.2. The second-order valence-corrected chi connectivity index (χ2v) is 16.9. The predicted octanol–water partition coefficient (Wildman–Crippen LogP) is 15.4. The molecule has 4 heteroatoms. The van der Waals surface area contributed by atoms with E-state index in [1.165, 1.54) is 218 Å². The Morgan fingerprint density at radius 1 is 0.434 bits per heavy atom. The van der Waals surface area contributed by atoms with Crippen molar-refractivity contribution in [1.29, 1.82) is 0 Å². The van der Waals surface area contributed by atoms with Crippen LogP contribution in [0.5, 0.6) is 0 Å². The first-order valence-electron chi connectivity index (χ1n) is 24.4. The largest absolute Gasteiger partial charge is 0.394 e. The Kier molecular flexibility index (Phi) is 44.8. The summed E-state index contributed by atoms with van der Waals surface area (Å²) in [5.41, 5.74) is 0. The number of nitrogens with one attached hydrogen (secondary N) is 1. The van der Waals surface area contributed by atoms with Crippen molar-refractivity contribution in [2.45, 2.75) is 289 Å². The molecule has 0 bridgehead atoms. The lowest BCUT2D eigenvalue weighted by molar-refractivity contribution is -0.123. The number of unbranched alkanes of at least 4 members (excludes halogenated alkanes) is 36. The molecule has 0 aromatic heterocycles. The Morgan fingerprint density at radius 3 is 1.04 bits per heavy atom. The number of amides is 1. The van der Waals surface area contributed by atoms with Crippen LogP contribution in [0.25, 0.3) is 0 Å². The number of aliphatic hydroxyl groups excluding tert-OH is 2. The third kappa shape index (κ3) is 42.1. The van der Waals surface area contributed by atoms with Crippen LogP contribution in [-0.4, -0.2) is 34.9 Å². The topological polar surface area (TPSA) is 69.6 Å². The first kappa shape index (κ1) is 52.1. The Balaban J connectivity index is 3.25. The highest BCUT2D eigenvalue weighted by Gasteiger charge is 2.19. The number of hydrogen-bond donors (Lipinski definition) is 3. The van der Waals surface area contributed by atoms with Crippen molar-refractivity contribution in [3.8, 4) is 0 Å². The summed E-state index contributed by atoms with van der Waals surface area (Å²) in [4.78, 5) is 12.2. The van der Waals surface area contributed by atoms with Crippen LogP contribution in [0.3, 0.4) is 0 Å². The molecule has 0 heterocycles. The fourth-order valence-corrected chi connectivity index (χ4v) is 7.77. The standard InChI is InChI=1S/C49H97NO3/c1-3-5-7-9-10-11-12-13-14-15-16-17-18-19-20-21-22-23-24-25-26-27-28-29-30-31-32-33-34-35-36-37-38-39-40-41-43-45-49(53)50-47(46-51)48(52)44-42-8-6-4-2/h15-16,47-48,51-52H,3-14,17-46H2,1-2H3,(H,50,53)/b16-15-. The van der Waals surface area contributed by atoms with Gasteiger partial charge in [-0.15, -0.1) is 0 Å². The zero-order valence-electron chi connectivity index (χ0n) is 36.3. The molecule has 2 unspecified atom stereocenters. The van der Waals surface area contributed by atoms with Gasteiger partial charge in [0.15, 0.2) is 0 Å². The van der Waals surface area contributed by atoms with Gasteiger partial charge < -0.3 is 15.5 Å². The van der Waals surface area contributed by atoms with Gasteiger partial charge in [0.2, 0.25) is 5.91 Å². The minimum atomic E-state index is -0.650. The van der Waals surface area contributed by atoms with Crippen molar-refractivity contribution < 1.29 is 15.0 Å².